The van der Waals surface area contributed by atoms with Crippen LogP contribution in [-0.2, 0) is 5.41 Å². The summed E-state index contributed by atoms with van der Waals surface area (Å²) >= 11 is 0. The number of pyridine rings is 2. The van der Waals surface area contributed by atoms with Gasteiger partial charge < -0.3 is 5.32 Å². The fourth-order valence-corrected chi connectivity index (χ4v) is 2.98. The Hall–Kier alpha value is -3.54. The molecular formula is C22H21N5O. The van der Waals surface area contributed by atoms with Gasteiger partial charge in [0.2, 0.25) is 0 Å². The number of anilines is 1. The smallest absolute Gasteiger partial charge is 0.257 e. The standard InChI is InChI=1S/C22H21N5O/c1-22(2,3)18-14-20(27(26-18)19-11-4-5-12-24-19)25-21(28)16-8-6-10-17-15(16)9-7-13-23-17/h4-14H,1-3H3,(H,25,28). The molecule has 0 saturated heterocycles. The highest BCUT2D eigenvalue weighted by molar-refractivity contribution is 6.12. The first kappa shape index (κ1) is 17.9. The first-order valence-corrected chi connectivity index (χ1v) is 9.10. The molecule has 1 N–H and O–H groups in total. The van der Waals surface area contributed by atoms with Crippen molar-refractivity contribution in [3.8, 4) is 5.82 Å². The predicted octanol–water partition coefficient (Wildman–Crippen LogP) is 4.37. The minimum Gasteiger partial charge on any atom is -0.306 e. The number of nitrogens with one attached hydrogen (secondary N) is 1. The molecule has 3 aromatic heterocycles. The monoisotopic (exact) mass is 371 g/mol. The van der Waals surface area contributed by atoms with Crippen LogP contribution >= 0.6 is 0 Å². The molecule has 0 atom stereocenters. The van der Waals surface area contributed by atoms with Crippen LogP contribution in [0.25, 0.3) is 16.7 Å². The zero-order chi connectivity index (χ0) is 19.7. The Kier molecular flexibility index (Phi) is 4.39. The minimum atomic E-state index is -0.212. The van der Waals surface area contributed by atoms with E-state index in [4.69, 9.17) is 0 Å². The van der Waals surface area contributed by atoms with E-state index < -0.39 is 0 Å². The summed E-state index contributed by atoms with van der Waals surface area (Å²) in [6.07, 6.45) is 3.42. The summed E-state index contributed by atoms with van der Waals surface area (Å²) in [6.45, 7) is 6.25. The SMILES string of the molecule is CC(C)(C)c1cc(NC(=O)c2cccc3ncccc23)n(-c2ccccn2)n1. The average molecular weight is 371 g/mol. The maximum Gasteiger partial charge on any atom is 0.257 e. The van der Waals surface area contributed by atoms with E-state index in [1.807, 2.05) is 48.5 Å². The number of carbonyl (C=O) groups excluding carboxylic acids is 1. The molecule has 1 amide bonds. The molecule has 0 saturated carbocycles. The topological polar surface area (TPSA) is 72.7 Å². The van der Waals surface area contributed by atoms with E-state index in [1.54, 1.807) is 23.1 Å². The third-order valence-corrected chi connectivity index (χ3v) is 4.48. The van der Waals surface area contributed by atoms with Gasteiger partial charge in [-0.25, -0.2) is 4.98 Å². The van der Waals surface area contributed by atoms with Crippen molar-refractivity contribution in [1.29, 1.82) is 0 Å². The number of carbonyl (C=O) groups is 1. The van der Waals surface area contributed by atoms with Gasteiger partial charge >= 0.3 is 0 Å². The molecule has 0 radical (unpaired) electrons. The van der Waals surface area contributed by atoms with Crippen molar-refractivity contribution >= 4 is 22.6 Å². The molecule has 0 aliphatic rings. The first-order valence-electron chi connectivity index (χ1n) is 9.10. The van der Waals surface area contributed by atoms with Crippen LogP contribution in [0.5, 0.6) is 0 Å². The van der Waals surface area contributed by atoms with Gasteiger partial charge in [0, 0.05) is 34.8 Å². The van der Waals surface area contributed by atoms with Crippen LogP contribution in [0.4, 0.5) is 5.82 Å². The Morgan fingerprint density at radius 3 is 2.54 bits per heavy atom. The van der Waals surface area contributed by atoms with E-state index in [0.717, 1.165) is 16.6 Å². The third kappa shape index (κ3) is 3.36. The maximum absolute atomic E-state index is 13.1. The van der Waals surface area contributed by atoms with Gasteiger partial charge in [-0.05, 0) is 30.3 Å². The highest BCUT2D eigenvalue weighted by Gasteiger charge is 2.22. The van der Waals surface area contributed by atoms with Crippen LogP contribution in [0.15, 0.2) is 67.0 Å². The van der Waals surface area contributed by atoms with Crippen LogP contribution in [0, 0.1) is 0 Å². The van der Waals surface area contributed by atoms with Crippen molar-refractivity contribution in [1.82, 2.24) is 19.7 Å². The second kappa shape index (κ2) is 6.88. The number of amides is 1. The van der Waals surface area contributed by atoms with Gasteiger partial charge in [-0.3, -0.25) is 9.78 Å². The molecule has 6 heteroatoms. The molecule has 0 fully saturated rings. The Balaban J connectivity index is 1.76. The number of rotatable bonds is 3. The molecule has 28 heavy (non-hydrogen) atoms. The van der Waals surface area contributed by atoms with Gasteiger partial charge in [0.1, 0.15) is 5.82 Å². The molecule has 0 aliphatic heterocycles. The molecule has 0 spiro atoms. The largest absolute Gasteiger partial charge is 0.306 e. The number of fused-ring (bicyclic) bond motifs is 1. The zero-order valence-electron chi connectivity index (χ0n) is 16.0. The number of hydrogen-bond acceptors (Lipinski definition) is 4. The summed E-state index contributed by atoms with van der Waals surface area (Å²) in [5.74, 6) is 1.01. The van der Waals surface area contributed by atoms with E-state index in [0.29, 0.717) is 17.2 Å². The fraction of sp³-hybridized carbons (Fsp3) is 0.182. The van der Waals surface area contributed by atoms with Crippen molar-refractivity contribution in [3.05, 3.63) is 78.2 Å². The lowest BCUT2D eigenvalue weighted by atomic mass is 9.92. The Labute approximate surface area is 163 Å². The molecular weight excluding hydrogens is 350 g/mol. The summed E-state index contributed by atoms with van der Waals surface area (Å²) in [4.78, 5) is 21.8. The highest BCUT2D eigenvalue weighted by atomic mass is 16.1. The summed E-state index contributed by atoms with van der Waals surface area (Å²) in [5, 5.41) is 8.50. The quantitative estimate of drug-likeness (QED) is 0.580. The van der Waals surface area contributed by atoms with Crippen LogP contribution in [-0.4, -0.2) is 25.7 Å². The second-order valence-corrected chi connectivity index (χ2v) is 7.59. The van der Waals surface area contributed by atoms with Crippen molar-refractivity contribution in [2.24, 2.45) is 0 Å². The van der Waals surface area contributed by atoms with Gasteiger partial charge in [0.05, 0.1) is 11.2 Å². The molecule has 1 aromatic carbocycles. The highest BCUT2D eigenvalue weighted by Crippen LogP contribution is 2.26. The van der Waals surface area contributed by atoms with E-state index in [1.165, 1.54) is 0 Å². The van der Waals surface area contributed by atoms with Gasteiger partial charge in [0.15, 0.2) is 5.82 Å². The molecule has 3 heterocycles. The van der Waals surface area contributed by atoms with E-state index in [9.17, 15) is 4.79 Å². The summed E-state index contributed by atoms with van der Waals surface area (Å²) < 4.78 is 1.67. The average Bonchev–Trinajstić information content (AvgIpc) is 3.12. The second-order valence-electron chi connectivity index (χ2n) is 7.59. The first-order chi connectivity index (χ1) is 13.4. The van der Waals surface area contributed by atoms with Gasteiger partial charge in [0.25, 0.3) is 5.91 Å². The van der Waals surface area contributed by atoms with E-state index >= 15 is 0 Å². The van der Waals surface area contributed by atoms with Crippen molar-refractivity contribution in [3.63, 3.8) is 0 Å². The molecule has 140 valence electrons. The normalized spacial score (nSPS) is 11.5. The lowest BCUT2D eigenvalue weighted by Gasteiger charge is -2.13. The van der Waals surface area contributed by atoms with Crippen molar-refractivity contribution < 1.29 is 4.79 Å². The lowest BCUT2D eigenvalue weighted by molar-refractivity contribution is 0.102. The molecule has 0 aliphatic carbocycles. The van der Waals surface area contributed by atoms with E-state index in [2.05, 4.69) is 41.2 Å². The van der Waals surface area contributed by atoms with Crippen molar-refractivity contribution in [2.75, 3.05) is 5.32 Å². The number of benzene rings is 1. The molecule has 6 nitrogen and oxygen atoms in total. The Bertz CT molecular complexity index is 1140. The summed E-state index contributed by atoms with van der Waals surface area (Å²) in [5.41, 5.74) is 2.05. The molecule has 0 unspecified atom stereocenters. The molecule has 0 bridgehead atoms. The maximum atomic E-state index is 13.1. The van der Waals surface area contributed by atoms with E-state index in [-0.39, 0.29) is 11.3 Å². The lowest BCUT2D eigenvalue weighted by Crippen LogP contribution is -2.16. The zero-order valence-corrected chi connectivity index (χ0v) is 16.0. The van der Waals surface area contributed by atoms with Gasteiger partial charge in [-0.15, -0.1) is 0 Å². The van der Waals surface area contributed by atoms with Crippen LogP contribution < -0.4 is 5.32 Å². The fourth-order valence-electron chi connectivity index (χ4n) is 2.98. The third-order valence-electron chi connectivity index (χ3n) is 4.48. The number of nitrogens with zero attached hydrogens (tertiary/aromatic N) is 4. The van der Waals surface area contributed by atoms with Crippen LogP contribution in [0.3, 0.4) is 0 Å². The van der Waals surface area contributed by atoms with Crippen LogP contribution in [0.1, 0.15) is 36.8 Å². The molecule has 4 aromatic rings. The number of hydrogen-bond donors (Lipinski definition) is 1. The van der Waals surface area contributed by atoms with Gasteiger partial charge in [-0.2, -0.15) is 9.78 Å². The Morgan fingerprint density at radius 2 is 1.79 bits per heavy atom. The van der Waals surface area contributed by atoms with Crippen LogP contribution in [0.2, 0.25) is 0 Å². The summed E-state index contributed by atoms with van der Waals surface area (Å²) in [7, 11) is 0. The van der Waals surface area contributed by atoms with Gasteiger partial charge in [-0.1, -0.05) is 39.0 Å². The predicted molar refractivity (Wildman–Crippen MR) is 110 cm³/mol. The Morgan fingerprint density at radius 1 is 0.964 bits per heavy atom. The molecule has 4 rings (SSSR count). The summed E-state index contributed by atoms with van der Waals surface area (Å²) in [6, 6.07) is 16.7. The minimum absolute atomic E-state index is 0.164. The van der Waals surface area contributed by atoms with Crippen molar-refractivity contribution in [2.45, 2.75) is 26.2 Å². The number of aromatic nitrogens is 4.